The molecule has 1 fully saturated rings. The Kier molecular flexibility index (Phi) is 5.13. The first-order valence-corrected chi connectivity index (χ1v) is 13.9. The minimum absolute atomic E-state index is 0.0685. The topological polar surface area (TPSA) is 87.0 Å². The lowest BCUT2D eigenvalue weighted by Crippen LogP contribution is -2.54. The first-order chi connectivity index (χ1) is 20.5. The summed E-state index contributed by atoms with van der Waals surface area (Å²) in [7, 11) is 0. The summed E-state index contributed by atoms with van der Waals surface area (Å²) in [5.74, 6) is -3.25. The summed E-state index contributed by atoms with van der Waals surface area (Å²) < 4.78 is 0. The van der Waals surface area contributed by atoms with E-state index in [4.69, 9.17) is 4.99 Å². The number of aliphatic imine (C=N–C) groups is 1. The molecular weight excluding hydrogens is 524 g/mol. The molecule has 9 rings (SSSR count). The lowest BCUT2D eigenvalue weighted by atomic mass is 9.47. The molecule has 5 aromatic carbocycles. The van der Waals surface area contributed by atoms with Gasteiger partial charge in [0.05, 0.1) is 34.2 Å². The van der Waals surface area contributed by atoms with Gasteiger partial charge in [0.25, 0.3) is 0 Å². The zero-order valence-electron chi connectivity index (χ0n) is 22.3. The van der Waals surface area contributed by atoms with Gasteiger partial charge in [-0.05, 0) is 45.8 Å². The Morgan fingerprint density at radius 2 is 1.36 bits per heavy atom. The number of nitrogens with zero attached hydrogens (tertiary/aromatic N) is 2. The maximum Gasteiger partial charge on any atom is 0.337 e. The minimum atomic E-state index is -1.08. The summed E-state index contributed by atoms with van der Waals surface area (Å²) in [5, 5.41) is 11.6. The number of fused-ring (bicyclic) bond motifs is 1. The van der Waals surface area contributed by atoms with Gasteiger partial charge in [0.2, 0.25) is 11.8 Å². The SMILES string of the molecule is O=C(O)c1ccccc1N=CC12c3ccccc3C(c3ccccc31)C1C(=O)N(c3cccc4ccccc34)C(=O)C12. The predicted octanol–water partition coefficient (Wildman–Crippen LogP) is 6.49. The van der Waals surface area contributed by atoms with Crippen LogP contribution in [0.15, 0.2) is 120 Å². The number of hydrogen-bond acceptors (Lipinski definition) is 4. The Labute approximate surface area is 241 Å². The molecule has 0 aromatic heterocycles. The molecule has 202 valence electrons. The van der Waals surface area contributed by atoms with Crippen LogP contribution in [0.3, 0.4) is 0 Å². The van der Waals surface area contributed by atoms with Crippen molar-refractivity contribution in [3.63, 3.8) is 0 Å². The molecule has 0 saturated carbocycles. The molecule has 6 heteroatoms. The van der Waals surface area contributed by atoms with E-state index in [9.17, 15) is 19.5 Å². The number of rotatable bonds is 4. The maximum atomic E-state index is 14.7. The highest BCUT2D eigenvalue weighted by Gasteiger charge is 2.68. The van der Waals surface area contributed by atoms with Crippen LogP contribution in [0.1, 0.15) is 38.5 Å². The van der Waals surface area contributed by atoms with E-state index in [1.165, 1.54) is 11.0 Å². The Bertz CT molecular complexity index is 1960. The first-order valence-electron chi connectivity index (χ1n) is 13.9. The molecule has 2 atom stereocenters. The zero-order valence-corrected chi connectivity index (χ0v) is 22.3. The van der Waals surface area contributed by atoms with Crippen LogP contribution in [-0.2, 0) is 15.0 Å². The van der Waals surface area contributed by atoms with Crippen LogP contribution in [0.25, 0.3) is 10.8 Å². The van der Waals surface area contributed by atoms with Crippen LogP contribution >= 0.6 is 0 Å². The van der Waals surface area contributed by atoms with Crippen molar-refractivity contribution in [2.45, 2.75) is 11.3 Å². The highest BCUT2D eigenvalue weighted by Crippen LogP contribution is 2.64. The lowest BCUT2D eigenvalue weighted by molar-refractivity contribution is -0.122. The van der Waals surface area contributed by atoms with Gasteiger partial charge in [-0.3, -0.25) is 14.6 Å². The molecule has 5 aromatic rings. The first kappa shape index (κ1) is 24.4. The molecule has 2 bridgehead atoms. The van der Waals surface area contributed by atoms with Crippen LogP contribution in [-0.4, -0.2) is 29.1 Å². The van der Waals surface area contributed by atoms with E-state index >= 15 is 0 Å². The smallest absolute Gasteiger partial charge is 0.337 e. The van der Waals surface area contributed by atoms with Crippen molar-refractivity contribution >= 4 is 46.1 Å². The zero-order chi connectivity index (χ0) is 28.6. The standard InChI is InChI=1S/C36H24N2O4/c39-33-31-30-23-13-3-6-16-26(23)36(27-17-7-4-14-24(27)30,20-37-28-18-8-5-15-25(28)35(41)42)32(31)34(40)38(33)29-19-9-11-21-10-1-2-12-22(21)29/h1-20,30-32H,(H,41,42). The summed E-state index contributed by atoms with van der Waals surface area (Å²) in [6, 6.07) is 35.9. The number of benzene rings is 5. The fraction of sp³-hybridized carbons (Fsp3) is 0.111. The van der Waals surface area contributed by atoms with Gasteiger partial charge in [-0.25, -0.2) is 9.69 Å². The van der Waals surface area contributed by atoms with E-state index < -0.39 is 23.2 Å². The Hall–Kier alpha value is -5.36. The molecular formula is C36H24N2O4. The summed E-state index contributed by atoms with van der Waals surface area (Å²) in [6.07, 6.45) is 1.73. The van der Waals surface area contributed by atoms with Crippen LogP contribution in [0, 0.1) is 11.8 Å². The number of aromatic carboxylic acids is 1. The van der Waals surface area contributed by atoms with Crippen molar-refractivity contribution in [3.05, 3.63) is 143 Å². The predicted molar refractivity (Wildman–Crippen MR) is 160 cm³/mol. The molecule has 2 unspecified atom stereocenters. The van der Waals surface area contributed by atoms with Crippen LogP contribution in [0.4, 0.5) is 11.4 Å². The van der Waals surface area contributed by atoms with E-state index in [2.05, 4.69) is 0 Å². The number of imide groups is 1. The molecule has 42 heavy (non-hydrogen) atoms. The second-order valence-corrected chi connectivity index (χ2v) is 11.1. The quantitative estimate of drug-likeness (QED) is 0.205. The number of anilines is 1. The number of carboxylic acid groups (broad SMARTS) is 1. The third-order valence-corrected chi connectivity index (χ3v) is 9.23. The van der Waals surface area contributed by atoms with Gasteiger partial charge in [-0.2, -0.15) is 0 Å². The highest BCUT2D eigenvalue weighted by atomic mass is 16.4. The Morgan fingerprint density at radius 3 is 2.10 bits per heavy atom. The normalized spacial score (nSPS) is 23.7. The molecule has 2 amide bonds. The van der Waals surface area contributed by atoms with Crippen molar-refractivity contribution in [2.75, 3.05) is 4.90 Å². The van der Waals surface area contributed by atoms with Crippen molar-refractivity contribution in [2.24, 2.45) is 16.8 Å². The Balaban J connectivity index is 1.41. The van der Waals surface area contributed by atoms with E-state index in [0.29, 0.717) is 11.4 Å². The fourth-order valence-electron chi connectivity index (χ4n) is 7.63. The molecule has 1 saturated heterocycles. The number of hydrogen-bond donors (Lipinski definition) is 1. The van der Waals surface area contributed by atoms with Gasteiger partial charge in [0.15, 0.2) is 0 Å². The Morgan fingerprint density at radius 1 is 0.738 bits per heavy atom. The van der Waals surface area contributed by atoms with Crippen molar-refractivity contribution in [1.29, 1.82) is 0 Å². The van der Waals surface area contributed by atoms with Gasteiger partial charge < -0.3 is 5.11 Å². The van der Waals surface area contributed by atoms with Gasteiger partial charge in [-0.15, -0.1) is 0 Å². The average Bonchev–Trinajstić information content (AvgIpc) is 3.30. The molecule has 6 nitrogen and oxygen atoms in total. The molecule has 0 spiro atoms. The molecule has 1 heterocycles. The second kappa shape index (κ2) is 8.82. The van der Waals surface area contributed by atoms with Crippen LogP contribution in [0.5, 0.6) is 0 Å². The maximum absolute atomic E-state index is 14.7. The van der Waals surface area contributed by atoms with Gasteiger partial charge >= 0.3 is 5.97 Å². The van der Waals surface area contributed by atoms with Crippen LogP contribution < -0.4 is 4.90 Å². The number of para-hydroxylation sites is 1. The van der Waals surface area contributed by atoms with Crippen molar-refractivity contribution in [3.8, 4) is 0 Å². The van der Waals surface area contributed by atoms with E-state index in [1.807, 2.05) is 91.0 Å². The third-order valence-electron chi connectivity index (χ3n) is 9.23. The van der Waals surface area contributed by atoms with Gasteiger partial charge in [0, 0.05) is 17.5 Å². The van der Waals surface area contributed by atoms with Crippen LogP contribution in [0.2, 0.25) is 0 Å². The fourth-order valence-corrected chi connectivity index (χ4v) is 7.63. The molecule has 1 aliphatic heterocycles. The number of amides is 2. The van der Waals surface area contributed by atoms with Gasteiger partial charge in [-0.1, -0.05) is 97.1 Å². The van der Waals surface area contributed by atoms with Crippen molar-refractivity contribution < 1.29 is 19.5 Å². The van der Waals surface area contributed by atoms with Crippen molar-refractivity contribution in [1.82, 2.24) is 0 Å². The average molecular weight is 549 g/mol. The number of carbonyl (C=O) groups is 3. The molecule has 1 N–H and O–H groups in total. The monoisotopic (exact) mass is 548 g/mol. The lowest BCUT2D eigenvalue weighted by Gasteiger charge is -2.52. The third kappa shape index (κ3) is 3.09. The van der Waals surface area contributed by atoms with E-state index in [1.54, 1.807) is 24.4 Å². The summed E-state index contributed by atoms with van der Waals surface area (Å²) >= 11 is 0. The highest BCUT2D eigenvalue weighted by molar-refractivity contribution is 6.27. The van der Waals surface area contributed by atoms with Gasteiger partial charge in [0.1, 0.15) is 0 Å². The number of carboxylic acids is 1. The summed E-state index contributed by atoms with van der Waals surface area (Å²) in [6.45, 7) is 0. The van der Waals surface area contributed by atoms with E-state index in [0.717, 1.165) is 33.0 Å². The minimum Gasteiger partial charge on any atom is -0.478 e. The largest absolute Gasteiger partial charge is 0.478 e. The second-order valence-electron chi connectivity index (χ2n) is 11.1. The molecule has 3 aliphatic carbocycles. The molecule has 4 aliphatic rings. The van der Waals surface area contributed by atoms with E-state index in [-0.39, 0.29) is 23.3 Å². The number of carbonyl (C=O) groups excluding carboxylic acids is 2. The molecule has 0 radical (unpaired) electrons. The summed E-state index contributed by atoms with van der Waals surface area (Å²) in [4.78, 5) is 47.5. The summed E-state index contributed by atoms with van der Waals surface area (Å²) in [5.41, 5.74) is 3.70.